The molecule has 0 saturated carbocycles. The van der Waals surface area contributed by atoms with Gasteiger partial charge in [-0.05, 0) is 12.8 Å². The standard InChI is InChI=1S/C11H23N3O2/c1-3-5-6-8-10(15)13-9(7-4-2)11(12)14-16/h9,16H,3-8H2,1-2H3,(H2,12,14)(H,13,15). The normalized spacial score (nSPS) is 13.5. The van der Waals surface area contributed by atoms with Crippen LogP contribution in [0.3, 0.4) is 0 Å². The zero-order valence-electron chi connectivity index (χ0n) is 10.2. The smallest absolute Gasteiger partial charge is 0.220 e. The second-order valence-electron chi connectivity index (χ2n) is 3.89. The van der Waals surface area contributed by atoms with Crippen LogP contribution in [0.1, 0.15) is 52.4 Å². The van der Waals surface area contributed by atoms with Gasteiger partial charge >= 0.3 is 0 Å². The predicted molar refractivity (Wildman–Crippen MR) is 64.4 cm³/mol. The first-order valence-corrected chi connectivity index (χ1v) is 5.92. The number of hydrogen-bond donors (Lipinski definition) is 3. The van der Waals surface area contributed by atoms with Gasteiger partial charge in [-0.25, -0.2) is 0 Å². The SMILES string of the molecule is CCCCCC(=O)NC(CCC)/C(N)=N/O. The summed E-state index contributed by atoms with van der Waals surface area (Å²) in [5.74, 6) is 0.0455. The fraction of sp³-hybridized carbons (Fsp3) is 0.818. The van der Waals surface area contributed by atoms with Crippen LogP contribution in [0.5, 0.6) is 0 Å². The lowest BCUT2D eigenvalue weighted by molar-refractivity contribution is -0.121. The minimum atomic E-state index is -0.343. The van der Waals surface area contributed by atoms with E-state index in [9.17, 15) is 4.79 Å². The fourth-order valence-corrected chi connectivity index (χ4v) is 1.45. The number of amides is 1. The molecule has 0 aromatic heterocycles. The van der Waals surface area contributed by atoms with E-state index in [4.69, 9.17) is 10.9 Å². The van der Waals surface area contributed by atoms with E-state index in [2.05, 4.69) is 17.4 Å². The molecule has 1 atom stereocenters. The van der Waals surface area contributed by atoms with E-state index >= 15 is 0 Å². The molecule has 0 fully saturated rings. The first-order chi connectivity index (χ1) is 7.65. The lowest BCUT2D eigenvalue weighted by Gasteiger charge is -2.16. The van der Waals surface area contributed by atoms with Crippen LogP contribution in [-0.2, 0) is 4.79 Å². The molecule has 0 aromatic rings. The van der Waals surface area contributed by atoms with Crippen LogP contribution >= 0.6 is 0 Å². The van der Waals surface area contributed by atoms with E-state index in [1.807, 2.05) is 6.92 Å². The molecule has 0 aliphatic rings. The van der Waals surface area contributed by atoms with Gasteiger partial charge in [0.25, 0.3) is 0 Å². The maximum absolute atomic E-state index is 11.5. The molecule has 1 unspecified atom stereocenters. The zero-order chi connectivity index (χ0) is 12.4. The molecule has 16 heavy (non-hydrogen) atoms. The topological polar surface area (TPSA) is 87.7 Å². The summed E-state index contributed by atoms with van der Waals surface area (Å²) in [5, 5.41) is 14.3. The molecule has 0 bridgehead atoms. The van der Waals surface area contributed by atoms with Gasteiger partial charge in [0.1, 0.15) is 0 Å². The van der Waals surface area contributed by atoms with E-state index in [0.717, 1.165) is 25.7 Å². The van der Waals surface area contributed by atoms with Crippen LogP contribution in [-0.4, -0.2) is 23.0 Å². The van der Waals surface area contributed by atoms with Crippen LogP contribution < -0.4 is 11.1 Å². The molecule has 0 rings (SSSR count). The van der Waals surface area contributed by atoms with E-state index < -0.39 is 0 Å². The molecule has 5 nitrogen and oxygen atoms in total. The van der Waals surface area contributed by atoms with Crippen molar-refractivity contribution in [2.75, 3.05) is 0 Å². The number of nitrogens with zero attached hydrogens (tertiary/aromatic N) is 1. The fourth-order valence-electron chi connectivity index (χ4n) is 1.45. The Labute approximate surface area is 97.1 Å². The van der Waals surface area contributed by atoms with E-state index in [1.165, 1.54) is 0 Å². The van der Waals surface area contributed by atoms with Gasteiger partial charge in [-0.2, -0.15) is 0 Å². The van der Waals surface area contributed by atoms with Gasteiger partial charge in [0, 0.05) is 6.42 Å². The zero-order valence-corrected chi connectivity index (χ0v) is 10.2. The van der Waals surface area contributed by atoms with E-state index in [1.54, 1.807) is 0 Å². The second kappa shape index (κ2) is 9.00. The largest absolute Gasteiger partial charge is 0.409 e. The number of carbonyl (C=O) groups excluding carboxylic acids is 1. The number of amidine groups is 1. The summed E-state index contributed by atoms with van der Waals surface area (Å²) >= 11 is 0. The highest BCUT2D eigenvalue weighted by Crippen LogP contribution is 2.01. The molecule has 1 amide bonds. The van der Waals surface area contributed by atoms with Gasteiger partial charge in [-0.3, -0.25) is 4.79 Å². The Morgan fingerprint density at radius 2 is 2.06 bits per heavy atom. The van der Waals surface area contributed by atoms with Crippen LogP contribution in [0.15, 0.2) is 5.16 Å². The third-order valence-corrected chi connectivity index (χ3v) is 2.39. The van der Waals surface area contributed by atoms with Gasteiger partial charge in [0.15, 0.2) is 5.84 Å². The number of hydrogen-bond acceptors (Lipinski definition) is 3. The number of carbonyl (C=O) groups is 1. The van der Waals surface area contributed by atoms with Crippen LogP contribution in [0.4, 0.5) is 0 Å². The molecule has 0 aromatic carbocycles. The Morgan fingerprint density at radius 1 is 1.38 bits per heavy atom. The third-order valence-electron chi connectivity index (χ3n) is 2.39. The van der Waals surface area contributed by atoms with E-state index in [0.29, 0.717) is 12.8 Å². The first kappa shape index (κ1) is 14.7. The summed E-state index contributed by atoms with van der Waals surface area (Å²) in [7, 11) is 0. The molecule has 94 valence electrons. The van der Waals surface area contributed by atoms with Gasteiger partial charge in [0.05, 0.1) is 6.04 Å². The van der Waals surface area contributed by atoms with Crippen molar-refractivity contribution in [2.24, 2.45) is 10.9 Å². The van der Waals surface area contributed by atoms with Crippen molar-refractivity contribution in [1.82, 2.24) is 5.32 Å². The van der Waals surface area contributed by atoms with Gasteiger partial charge < -0.3 is 16.3 Å². The number of nitrogens with two attached hydrogens (primary N) is 1. The van der Waals surface area contributed by atoms with Crippen molar-refractivity contribution in [3.8, 4) is 0 Å². The molecular formula is C11H23N3O2. The highest BCUT2D eigenvalue weighted by molar-refractivity contribution is 5.89. The second-order valence-corrected chi connectivity index (χ2v) is 3.89. The number of oxime groups is 1. The molecule has 0 saturated heterocycles. The van der Waals surface area contributed by atoms with Crippen LogP contribution in [0.2, 0.25) is 0 Å². The summed E-state index contributed by atoms with van der Waals surface area (Å²) in [6, 6.07) is -0.343. The average Bonchev–Trinajstić information content (AvgIpc) is 2.28. The van der Waals surface area contributed by atoms with Crippen molar-refractivity contribution in [3.63, 3.8) is 0 Å². The summed E-state index contributed by atoms with van der Waals surface area (Å²) in [6.07, 6.45) is 5.09. The molecule has 4 N–H and O–H groups in total. The van der Waals surface area contributed by atoms with Crippen molar-refractivity contribution in [3.05, 3.63) is 0 Å². The van der Waals surface area contributed by atoms with Crippen molar-refractivity contribution >= 4 is 11.7 Å². The third kappa shape index (κ3) is 6.27. The molecular weight excluding hydrogens is 206 g/mol. The number of nitrogens with one attached hydrogen (secondary N) is 1. The maximum Gasteiger partial charge on any atom is 0.220 e. The van der Waals surface area contributed by atoms with Gasteiger partial charge in [-0.1, -0.05) is 38.3 Å². The Morgan fingerprint density at radius 3 is 2.56 bits per heavy atom. The summed E-state index contributed by atoms with van der Waals surface area (Å²) in [6.45, 7) is 4.08. The van der Waals surface area contributed by atoms with Gasteiger partial charge in [0.2, 0.25) is 5.91 Å². The number of unbranched alkanes of at least 4 members (excludes halogenated alkanes) is 2. The Balaban J connectivity index is 4.03. The summed E-state index contributed by atoms with van der Waals surface area (Å²) in [4.78, 5) is 11.5. The van der Waals surface area contributed by atoms with Crippen molar-refractivity contribution in [2.45, 2.75) is 58.4 Å². The lowest BCUT2D eigenvalue weighted by Crippen LogP contribution is -2.44. The highest BCUT2D eigenvalue weighted by atomic mass is 16.4. The first-order valence-electron chi connectivity index (χ1n) is 5.92. The Hall–Kier alpha value is -1.26. The quantitative estimate of drug-likeness (QED) is 0.194. The van der Waals surface area contributed by atoms with Crippen LogP contribution in [0, 0.1) is 0 Å². The van der Waals surface area contributed by atoms with Crippen LogP contribution in [0.25, 0.3) is 0 Å². The summed E-state index contributed by atoms with van der Waals surface area (Å²) < 4.78 is 0. The molecule has 0 spiro atoms. The predicted octanol–water partition coefficient (Wildman–Crippen LogP) is 1.60. The maximum atomic E-state index is 11.5. The Kier molecular flexibility index (Phi) is 8.29. The lowest BCUT2D eigenvalue weighted by atomic mass is 10.1. The van der Waals surface area contributed by atoms with Gasteiger partial charge in [-0.15, -0.1) is 0 Å². The highest BCUT2D eigenvalue weighted by Gasteiger charge is 2.15. The molecule has 0 aliphatic carbocycles. The van der Waals surface area contributed by atoms with Crippen molar-refractivity contribution < 1.29 is 10.0 Å². The molecule has 0 heterocycles. The minimum Gasteiger partial charge on any atom is -0.409 e. The molecule has 0 radical (unpaired) electrons. The van der Waals surface area contributed by atoms with Crippen molar-refractivity contribution in [1.29, 1.82) is 0 Å². The summed E-state index contributed by atoms with van der Waals surface area (Å²) in [5.41, 5.74) is 5.49. The Bertz CT molecular complexity index is 229. The molecule has 0 aliphatic heterocycles. The average molecular weight is 229 g/mol. The minimum absolute atomic E-state index is 0.0292. The molecule has 5 heteroatoms. The monoisotopic (exact) mass is 229 g/mol. The number of rotatable bonds is 8. The van der Waals surface area contributed by atoms with E-state index in [-0.39, 0.29) is 17.8 Å².